The molecule has 20 heavy (non-hydrogen) atoms. The SMILES string of the molecule is Cn1c(CC2CCNCC2)nnc1SC[C@@H]1CCCO1. The fraction of sp³-hybridized carbons (Fsp3) is 0.857. The van der Waals surface area contributed by atoms with Gasteiger partial charge in [-0.15, -0.1) is 10.2 Å². The minimum absolute atomic E-state index is 0.407. The van der Waals surface area contributed by atoms with Crippen LogP contribution in [0.3, 0.4) is 0 Å². The van der Waals surface area contributed by atoms with E-state index in [1.807, 2.05) is 0 Å². The van der Waals surface area contributed by atoms with Crippen LogP contribution in [-0.4, -0.2) is 46.3 Å². The summed E-state index contributed by atoms with van der Waals surface area (Å²) in [5.41, 5.74) is 0. The zero-order valence-electron chi connectivity index (χ0n) is 12.2. The van der Waals surface area contributed by atoms with Gasteiger partial charge in [0.2, 0.25) is 0 Å². The van der Waals surface area contributed by atoms with E-state index < -0.39 is 0 Å². The molecule has 2 saturated heterocycles. The van der Waals surface area contributed by atoms with Crippen LogP contribution < -0.4 is 5.32 Å². The first-order valence-corrected chi connectivity index (χ1v) is 8.65. The molecule has 2 fully saturated rings. The van der Waals surface area contributed by atoms with Gasteiger partial charge in [-0.1, -0.05) is 11.8 Å². The zero-order valence-corrected chi connectivity index (χ0v) is 13.0. The minimum Gasteiger partial charge on any atom is -0.377 e. The van der Waals surface area contributed by atoms with E-state index >= 15 is 0 Å². The van der Waals surface area contributed by atoms with Crippen LogP contribution in [0.1, 0.15) is 31.5 Å². The van der Waals surface area contributed by atoms with E-state index in [0.717, 1.165) is 48.8 Å². The first-order valence-electron chi connectivity index (χ1n) is 7.66. The minimum atomic E-state index is 0.407. The molecule has 112 valence electrons. The van der Waals surface area contributed by atoms with Crippen molar-refractivity contribution in [1.82, 2.24) is 20.1 Å². The fourth-order valence-electron chi connectivity index (χ4n) is 2.94. The smallest absolute Gasteiger partial charge is 0.191 e. The van der Waals surface area contributed by atoms with E-state index in [1.54, 1.807) is 11.8 Å². The summed E-state index contributed by atoms with van der Waals surface area (Å²) < 4.78 is 7.83. The Morgan fingerprint density at radius 3 is 2.90 bits per heavy atom. The average molecular weight is 296 g/mol. The first-order chi connectivity index (χ1) is 9.83. The van der Waals surface area contributed by atoms with Crippen molar-refractivity contribution in [2.45, 2.75) is 43.4 Å². The molecule has 0 saturated carbocycles. The predicted octanol–water partition coefficient (Wildman–Crippen LogP) is 1.63. The molecule has 3 heterocycles. The summed E-state index contributed by atoms with van der Waals surface area (Å²) in [5, 5.41) is 13.2. The van der Waals surface area contributed by atoms with Gasteiger partial charge in [-0.3, -0.25) is 0 Å². The van der Waals surface area contributed by atoms with Crippen molar-refractivity contribution in [3.63, 3.8) is 0 Å². The summed E-state index contributed by atoms with van der Waals surface area (Å²) in [7, 11) is 2.09. The number of thioether (sulfide) groups is 1. The highest BCUT2D eigenvalue weighted by Gasteiger charge is 2.20. The van der Waals surface area contributed by atoms with Gasteiger partial charge in [-0.2, -0.15) is 0 Å². The highest BCUT2D eigenvalue weighted by Crippen LogP contribution is 2.24. The number of ether oxygens (including phenoxy) is 1. The summed E-state index contributed by atoms with van der Waals surface area (Å²) >= 11 is 1.78. The van der Waals surface area contributed by atoms with Gasteiger partial charge in [0.05, 0.1) is 6.10 Å². The van der Waals surface area contributed by atoms with Crippen LogP contribution in [0.4, 0.5) is 0 Å². The zero-order chi connectivity index (χ0) is 13.8. The molecule has 0 aromatic carbocycles. The Hall–Kier alpha value is -0.590. The van der Waals surface area contributed by atoms with Gasteiger partial charge < -0.3 is 14.6 Å². The summed E-state index contributed by atoms with van der Waals surface area (Å²) in [6.07, 6.45) is 6.37. The van der Waals surface area contributed by atoms with Crippen LogP contribution in [0.15, 0.2) is 5.16 Å². The molecule has 0 spiro atoms. The molecule has 6 heteroatoms. The number of nitrogens with zero attached hydrogens (tertiary/aromatic N) is 3. The third kappa shape index (κ3) is 3.54. The van der Waals surface area contributed by atoms with E-state index in [0.29, 0.717) is 6.10 Å². The van der Waals surface area contributed by atoms with Gasteiger partial charge in [0, 0.05) is 25.8 Å². The number of aromatic nitrogens is 3. The number of nitrogens with one attached hydrogen (secondary N) is 1. The molecule has 0 amide bonds. The molecule has 3 rings (SSSR count). The maximum absolute atomic E-state index is 5.66. The van der Waals surface area contributed by atoms with Gasteiger partial charge in [0.15, 0.2) is 5.16 Å². The van der Waals surface area contributed by atoms with Crippen LogP contribution in [0.25, 0.3) is 0 Å². The lowest BCUT2D eigenvalue weighted by molar-refractivity contribution is 0.129. The Kier molecular flexibility index (Phi) is 4.96. The summed E-state index contributed by atoms with van der Waals surface area (Å²) in [6, 6.07) is 0. The number of piperidine rings is 1. The second kappa shape index (κ2) is 6.91. The summed E-state index contributed by atoms with van der Waals surface area (Å²) in [5.74, 6) is 2.89. The largest absolute Gasteiger partial charge is 0.377 e. The molecule has 0 aliphatic carbocycles. The van der Waals surface area contributed by atoms with E-state index in [2.05, 4.69) is 27.1 Å². The van der Waals surface area contributed by atoms with Gasteiger partial charge in [-0.05, 0) is 44.7 Å². The van der Waals surface area contributed by atoms with Crippen molar-refractivity contribution in [2.75, 3.05) is 25.4 Å². The van der Waals surface area contributed by atoms with Gasteiger partial charge >= 0.3 is 0 Å². The van der Waals surface area contributed by atoms with Crippen LogP contribution in [0.2, 0.25) is 0 Å². The van der Waals surface area contributed by atoms with Crippen molar-refractivity contribution in [1.29, 1.82) is 0 Å². The molecule has 2 aliphatic rings. The molecule has 1 N–H and O–H groups in total. The molecular formula is C14H24N4OS. The van der Waals surface area contributed by atoms with Gasteiger partial charge in [0.25, 0.3) is 0 Å². The molecular weight excluding hydrogens is 272 g/mol. The van der Waals surface area contributed by atoms with Crippen LogP contribution >= 0.6 is 11.8 Å². The summed E-state index contributed by atoms with van der Waals surface area (Å²) in [6.45, 7) is 3.21. The standard InChI is InChI=1S/C14H24N4OS/c1-18-13(9-11-4-6-15-7-5-11)16-17-14(18)20-10-12-3-2-8-19-12/h11-12,15H,2-10H2,1H3/t12-/m0/s1. The molecule has 0 unspecified atom stereocenters. The van der Waals surface area contributed by atoms with Crippen LogP contribution in [0, 0.1) is 5.92 Å². The van der Waals surface area contributed by atoms with Crippen molar-refractivity contribution >= 4 is 11.8 Å². The van der Waals surface area contributed by atoms with E-state index in [9.17, 15) is 0 Å². The third-order valence-corrected chi connectivity index (χ3v) is 5.43. The Labute approximate surface area is 124 Å². The summed E-state index contributed by atoms with van der Waals surface area (Å²) in [4.78, 5) is 0. The van der Waals surface area contributed by atoms with Crippen molar-refractivity contribution in [2.24, 2.45) is 13.0 Å². The van der Waals surface area contributed by atoms with Gasteiger partial charge in [0.1, 0.15) is 5.82 Å². The normalized spacial score (nSPS) is 24.4. The fourth-order valence-corrected chi connectivity index (χ4v) is 3.93. The van der Waals surface area contributed by atoms with Gasteiger partial charge in [-0.25, -0.2) is 0 Å². The van der Waals surface area contributed by atoms with E-state index in [4.69, 9.17) is 4.74 Å². The van der Waals surface area contributed by atoms with Crippen molar-refractivity contribution in [3.8, 4) is 0 Å². The third-order valence-electron chi connectivity index (χ3n) is 4.28. The molecule has 1 aromatic heterocycles. The lowest BCUT2D eigenvalue weighted by Crippen LogP contribution is -2.29. The Morgan fingerprint density at radius 1 is 1.30 bits per heavy atom. The number of hydrogen-bond donors (Lipinski definition) is 1. The van der Waals surface area contributed by atoms with Crippen molar-refractivity contribution < 1.29 is 4.74 Å². The quantitative estimate of drug-likeness (QED) is 0.837. The molecule has 1 atom stereocenters. The molecule has 0 bridgehead atoms. The molecule has 0 radical (unpaired) electrons. The lowest BCUT2D eigenvalue weighted by Gasteiger charge is -2.21. The van der Waals surface area contributed by atoms with Crippen molar-refractivity contribution in [3.05, 3.63) is 5.82 Å². The second-order valence-electron chi connectivity index (χ2n) is 5.80. The van der Waals surface area contributed by atoms with E-state index in [-0.39, 0.29) is 0 Å². The lowest BCUT2D eigenvalue weighted by atomic mass is 9.94. The molecule has 5 nitrogen and oxygen atoms in total. The molecule has 2 aliphatic heterocycles. The Balaban J connectivity index is 1.53. The highest BCUT2D eigenvalue weighted by molar-refractivity contribution is 7.99. The molecule has 1 aromatic rings. The second-order valence-corrected chi connectivity index (χ2v) is 6.79. The average Bonchev–Trinajstić information content (AvgIpc) is 3.10. The number of rotatable bonds is 5. The predicted molar refractivity (Wildman–Crippen MR) is 80.0 cm³/mol. The number of hydrogen-bond acceptors (Lipinski definition) is 5. The maximum Gasteiger partial charge on any atom is 0.191 e. The Bertz CT molecular complexity index is 425. The maximum atomic E-state index is 5.66. The topological polar surface area (TPSA) is 52.0 Å². The highest BCUT2D eigenvalue weighted by atomic mass is 32.2. The van der Waals surface area contributed by atoms with Crippen LogP contribution in [-0.2, 0) is 18.2 Å². The van der Waals surface area contributed by atoms with Crippen LogP contribution in [0.5, 0.6) is 0 Å². The first kappa shape index (κ1) is 14.4. The van der Waals surface area contributed by atoms with E-state index in [1.165, 1.54) is 25.7 Å². The monoisotopic (exact) mass is 296 g/mol. The Morgan fingerprint density at radius 2 is 2.15 bits per heavy atom.